The van der Waals surface area contributed by atoms with Crippen molar-refractivity contribution in [2.75, 3.05) is 0 Å². The van der Waals surface area contributed by atoms with E-state index in [1.165, 1.54) is 107 Å². The van der Waals surface area contributed by atoms with Crippen LogP contribution in [0.5, 0.6) is 0 Å². The van der Waals surface area contributed by atoms with Crippen LogP contribution in [0.15, 0.2) is 186 Å². The Hall–Kier alpha value is -6.74. The van der Waals surface area contributed by atoms with Crippen LogP contribution in [0.2, 0.25) is 0 Å². The van der Waals surface area contributed by atoms with Gasteiger partial charge in [-0.1, -0.05) is 146 Å². The number of benzene rings is 10. The highest BCUT2D eigenvalue weighted by molar-refractivity contribution is 7.26. The summed E-state index contributed by atoms with van der Waals surface area (Å²) in [4.78, 5) is 0. The van der Waals surface area contributed by atoms with E-state index in [2.05, 4.69) is 182 Å². The molecule has 0 N–H and O–H groups in total. The van der Waals surface area contributed by atoms with Crippen LogP contribution in [0.4, 0.5) is 0 Å². The number of furan rings is 1. The lowest BCUT2D eigenvalue weighted by molar-refractivity contribution is 0.670. The summed E-state index contributed by atoms with van der Waals surface area (Å²) < 4.78 is 9.10. The van der Waals surface area contributed by atoms with Crippen molar-refractivity contribution in [3.63, 3.8) is 0 Å². The van der Waals surface area contributed by atoms with E-state index in [1.807, 2.05) is 11.3 Å². The van der Waals surface area contributed by atoms with Gasteiger partial charge >= 0.3 is 0 Å². The Morgan fingerprint density at radius 1 is 0.315 bits per heavy atom. The molecule has 0 aliphatic heterocycles. The number of fused-ring (bicyclic) bond motifs is 11. The van der Waals surface area contributed by atoms with Crippen LogP contribution in [-0.4, -0.2) is 0 Å². The summed E-state index contributed by atoms with van der Waals surface area (Å²) in [6, 6.07) is 66.8. The van der Waals surface area contributed by atoms with Crippen LogP contribution in [0.3, 0.4) is 0 Å². The van der Waals surface area contributed by atoms with Crippen LogP contribution in [0.1, 0.15) is 0 Å². The fourth-order valence-corrected chi connectivity index (χ4v) is 10.2. The third-order valence-electron chi connectivity index (χ3n) is 11.4. The van der Waals surface area contributed by atoms with E-state index in [4.69, 9.17) is 4.42 Å². The monoisotopic (exact) mass is 702 g/mol. The molecule has 1 nitrogen and oxygen atoms in total. The average molecular weight is 703 g/mol. The highest BCUT2D eigenvalue weighted by Crippen LogP contribution is 2.49. The molecule has 0 atom stereocenters. The fraction of sp³-hybridized carbons (Fsp3) is 0. The standard InChI is InChI=1S/C52H30OS/c1-2-12-31(13-3-1)35-23-24-42(37-17-7-6-16-36(35)37)50-40-20-10-8-18-38(40)49(39-19-9-11-21-41(39)50)34-22-26-47-44(29-34)52-48(54-47)27-25-45-51(52)43-28-32-14-4-5-15-33(32)30-46(43)53-45/h1-30H. The fourth-order valence-electron chi connectivity index (χ4n) is 9.09. The first kappa shape index (κ1) is 29.8. The second kappa shape index (κ2) is 11.4. The molecule has 10 aromatic carbocycles. The Balaban J connectivity index is 1.14. The van der Waals surface area contributed by atoms with Crippen molar-refractivity contribution in [2.45, 2.75) is 0 Å². The molecule has 2 heterocycles. The lowest BCUT2D eigenvalue weighted by Crippen LogP contribution is -1.92. The second-order valence-corrected chi connectivity index (χ2v) is 15.4. The number of thiophene rings is 1. The molecule has 0 fully saturated rings. The van der Waals surface area contributed by atoms with Gasteiger partial charge in [-0.15, -0.1) is 11.3 Å². The van der Waals surface area contributed by atoms with Gasteiger partial charge in [0.25, 0.3) is 0 Å². The van der Waals surface area contributed by atoms with Crippen LogP contribution < -0.4 is 0 Å². The van der Waals surface area contributed by atoms with E-state index < -0.39 is 0 Å². The second-order valence-electron chi connectivity index (χ2n) is 14.3. The molecular weight excluding hydrogens is 673 g/mol. The molecule has 0 bridgehead atoms. The van der Waals surface area contributed by atoms with Gasteiger partial charge in [-0.05, 0) is 113 Å². The number of rotatable bonds is 3. The van der Waals surface area contributed by atoms with Crippen molar-refractivity contribution in [3.05, 3.63) is 182 Å². The first-order valence-electron chi connectivity index (χ1n) is 18.5. The minimum atomic E-state index is 0.934. The van der Waals surface area contributed by atoms with Crippen molar-refractivity contribution in [1.29, 1.82) is 0 Å². The smallest absolute Gasteiger partial charge is 0.136 e. The molecule has 12 aromatic rings. The van der Waals surface area contributed by atoms with Gasteiger partial charge in [0.15, 0.2) is 0 Å². The summed E-state index contributed by atoms with van der Waals surface area (Å²) in [5, 5.41) is 14.9. The van der Waals surface area contributed by atoms with Crippen molar-refractivity contribution < 1.29 is 4.42 Å². The van der Waals surface area contributed by atoms with E-state index in [0.29, 0.717) is 0 Å². The van der Waals surface area contributed by atoms with E-state index in [-0.39, 0.29) is 0 Å². The molecule has 12 rings (SSSR count). The van der Waals surface area contributed by atoms with Gasteiger partial charge in [-0.2, -0.15) is 0 Å². The molecule has 0 unspecified atom stereocenters. The van der Waals surface area contributed by atoms with Gasteiger partial charge < -0.3 is 4.42 Å². The molecule has 2 heteroatoms. The van der Waals surface area contributed by atoms with Crippen LogP contribution >= 0.6 is 11.3 Å². The third-order valence-corrected chi connectivity index (χ3v) is 12.6. The topological polar surface area (TPSA) is 13.1 Å². The third kappa shape index (κ3) is 4.26. The Kier molecular flexibility index (Phi) is 6.28. The molecule has 0 aliphatic rings. The molecule has 2 aromatic heterocycles. The summed E-state index contributed by atoms with van der Waals surface area (Å²) in [6.45, 7) is 0. The van der Waals surface area contributed by atoms with Crippen LogP contribution in [0, 0.1) is 0 Å². The van der Waals surface area contributed by atoms with Crippen molar-refractivity contribution in [1.82, 2.24) is 0 Å². The minimum Gasteiger partial charge on any atom is -0.456 e. The van der Waals surface area contributed by atoms with Gasteiger partial charge in [0, 0.05) is 30.9 Å². The summed E-state index contributed by atoms with van der Waals surface area (Å²) in [5.41, 5.74) is 9.38. The van der Waals surface area contributed by atoms with E-state index >= 15 is 0 Å². The van der Waals surface area contributed by atoms with Gasteiger partial charge in [0.2, 0.25) is 0 Å². The van der Waals surface area contributed by atoms with Gasteiger partial charge in [-0.3, -0.25) is 0 Å². The first-order valence-corrected chi connectivity index (χ1v) is 19.3. The first-order chi connectivity index (χ1) is 26.8. The number of hydrogen-bond acceptors (Lipinski definition) is 2. The van der Waals surface area contributed by atoms with Crippen LogP contribution in [-0.2, 0) is 0 Å². The molecule has 0 aliphatic carbocycles. The maximum atomic E-state index is 6.54. The predicted octanol–water partition coefficient (Wildman–Crippen LogP) is 15.6. The molecule has 0 radical (unpaired) electrons. The Morgan fingerprint density at radius 3 is 1.61 bits per heavy atom. The van der Waals surface area contributed by atoms with Gasteiger partial charge in [0.1, 0.15) is 11.2 Å². The molecular formula is C52H30OS. The largest absolute Gasteiger partial charge is 0.456 e. The summed E-state index contributed by atoms with van der Waals surface area (Å²) in [5.74, 6) is 0. The van der Waals surface area contributed by atoms with Crippen molar-refractivity contribution in [2.24, 2.45) is 0 Å². The maximum Gasteiger partial charge on any atom is 0.136 e. The zero-order chi connectivity index (χ0) is 35.3. The molecule has 0 saturated heterocycles. The lowest BCUT2D eigenvalue weighted by atomic mass is 9.83. The summed E-state index contributed by atoms with van der Waals surface area (Å²) in [7, 11) is 0. The van der Waals surface area contributed by atoms with E-state index in [1.54, 1.807) is 0 Å². The Labute approximate surface area is 314 Å². The molecule has 0 saturated carbocycles. The predicted molar refractivity (Wildman–Crippen MR) is 233 cm³/mol. The Bertz CT molecular complexity index is 3440. The zero-order valence-electron chi connectivity index (χ0n) is 29.1. The highest BCUT2D eigenvalue weighted by Gasteiger charge is 2.21. The normalized spacial score (nSPS) is 12.1. The van der Waals surface area contributed by atoms with Gasteiger partial charge in [-0.25, -0.2) is 0 Å². The van der Waals surface area contributed by atoms with Crippen molar-refractivity contribution >= 4 is 96.5 Å². The average Bonchev–Trinajstić information content (AvgIpc) is 3.79. The quantitative estimate of drug-likeness (QED) is 0.167. The lowest BCUT2D eigenvalue weighted by Gasteiger charge is -2.19. The minimum absolute atomic E-state index is 0.934. The van der Waals surface area contributed by atoms with E-state index in [0.717, 1.165) is 11.2 Å². The van der Waals surface area contributed by atoms with Gasteiger partial charge in [0.05, 0.1) is 0 Å². The Morgan fingerprint density at radius 2 is 0.889 bits per heavy atom. The zero-order valence-corrected chi connectivity index (χ0v) is 30.0. The van der Waals surface area contributed by atoms with Crippen LogP contribution in [0.25, 0.3) is 119 Å². The van der Waals surface area contributed by atoms with E-state index in [9.17, 15) is 0 Å². The SMILES string of the molecule is c1ccc(-c2ccc(-c3c4ccccc4c(-c4ccc5sc6ccc7oc8cc9ccccc9cc8c7c6c5c4)c4ccccc34)c3ccccc23)cc1. The maximum absolute atomic E-state index is 6.54. The molecule has 0 spiro atoms. The molecule has 250 valence electrons. The van der Waals surface area contributed by atoms with Crippen molar-refractivity contribution in [3.8, 4) is 33.4 Å². The number of hydrogen-bond donors (Lipinski definition) is 0. The highest BCUT2D eigenvalue weighted by atomic mass is 32.1. The molecule has 0 amide bonds. The summed E-state index contributed by atoms with van der Waals surface area (Å²) in [6.07, 6.45) is 0. The molecule has 54 heavy (non-hydrogen) atoms. The summed E-state index contributed by atoms with van der Waals surface area (Å²) >= 11 is 1.86.